The Bertz CT molecular complexity index is 721. The lowest BCUT2D eigenvalue weighted by Gasteiger charge is -2.24. The molecule has 1 aromatic heterocycles. The summed E-state index contributed by atoms with van der Waals surface area (Å²) in [5.74, 6) is 0.701. The molecule has 1 fully saturated rings. The summed E-state index contributed by atoms with van der Waals surface area (Å²) < 4.78 is 1.84. The minimum Gasteiger partial charge on any atom is -0.351 e. The van der Waals surface area contributed by atoms with Gasteiger partial charge in [0, 0.05) is 11.6 Å². The first-order valence-corrected chi connectivity index (χ1v) is 8.17. The van der Waals surface area contributed by atoms with Crippen LogP contribution in [0.4, 0.5) is 5.95 Å². The van der Waals surface area contributed by atoms with Gasteiger partial charge in [-0.25, -0.2) is 4.98 Å². The van der Waals surface area contributed by atoms with Crippen LogP contribution in [0.15, 0.2) is 23.0 Å². The maximum absolute atomic E-state index is 12.8. The number of aryl methyl sites for hydroxylation is 1. The number of nitrogens with zero attached hydrogens (tertiary/aromatic N) is 2. The average Bonchev–Trinajstić information content (AvgIpc) is 3.25. The summed E-state index contributed by atoms with van der Waals surface area (Å²) in [6.45, 7) is 12.2. The van der Waals surface area contributed by atoms with Gasteiger partial charge in [-0.1, -0.05) is 26.0 Å². The van der Waals surface area contributed by atoms with E-state index in [1.54, 1.807) is 0 Å². The molecule has 1 aliphatic rings. The molecule has 0 unspecified atom stereocenters. The number of hydrogen-bond donors (Lipinski definition) is 1. The predicted octanol–water partition coefficient (Wildman–Crippen LogP) is 4.28. The number of para-hydroxylation sites is 1. The third-order valence-corrected chi connectivity index (χ3v) is 3.53. The second kappa shape index (κ2) is 6.11. The lowest BCUT2D eigenvalue weighted by atomic mass is 10.1. The second-order valence-corrected chi connectivity index (χ2v) is 6.69. The van der Waals surface area contributed by atoms with Crippen molar-refractivity contribution in [2.45, 2.75) is 66.0 Å². The fraction of sp³-hybridized carbons (Fsp3) is 0.556. The topological polar surface area (TPSA) is 46.9 Å². The van der Waals surface area contributed by atoms with Crippen LogP contribution in [0.1, 0.15) is 59.1 Å². The number of anilines is 1. The van der Waals surface area contributed by atoms with Crippen molar-refractivity contribution in [2.24, 2.45) is 0 Å². The van der Waals surface area contributed by atoms with Crippen molar-refractivity contribution in [3.05, 3.63) is 34.1 Å². The Hall–Kier alpha value is -1.84. The van der Waals surface area contributed by atoms with Crippen LogP contribution in [0.3, 0.4) is 0 Å². The Morgan fingerprint density at radius 2 is 1.86 bits per heavy atom. The van der Waals surface area contributed by atoms with E-state index in [-0.39, 0.29) is 11.1 Å². The van der Waals surface area contributed by atoms with Crippen LogP contribution in [0.5, 0.6) is 0 Å². The van der Waals surface area contributed by atoms with Gasteiger partial charge in [-0.15, -0.1) is 0 Å². The minimum absolute atomic E-state index is 0.0768. The molecule has 1 aliphatic carbocycles. The molecule has 0 atom stereocenters. The maximum atomic E-state index is 12.8. The van der Waals surface area contributed by atoms with Crippen LogP contribution in [-0.4, -0.2) is 15.1 Å². The first kappa shape index (κ1) is 16.5. The van der Waals surface area contributed by atoms with Gasteiger partial charge in [0.05, 0.1) is 10.9 Å². The Balaban J connectivity index is 0.000000847. The molecule has 1 heterocycles. The van der Waals surface area contributed by atoms with Crippen LogP contribution in [0.2, 0.25) is 0 Å². The molecule has 0 aliphatic heterocycles. The smallest absolute Gasteiger partial charge is 0.263 e. The van der Waals surface area contributed by atoms with Crippen molar-refractivity contribution in [3.8, 4) is 0 Å². The molecular weight excluding hydrogens is 274 g/mol. The van der Waals surface area contributed by atoms with Gasteiger partial charge >= 0.3 is 0 Å². The van der Waals surface area contributed by atoms with Gasteiger partial charge in [-0.2, -0.15) is 0 Å². The molecule has 4 heteroatoms. The molecule has 0 saturated heterocycles. The van der Waals surface area contributed by atoms with Crippen molar-refractivity contribution in [2.75, 3.05) is 5.32 Å². The molecule has 2 aromatic rings. The number of fused-ring (bicyclic) bond motifs is 1. The molecular formula is C18H27N3O. The molecule has 1 saturated carbocycles. The van der Waals surface area contributed by atoms with E-state index >= 15 is 0 Å². The SMILES string of the molecule is CC.Cc1cccc2c(=O)n(C3CC3)c(NC(C)(C)C)nc12. The molecule has 0 bridgehead atoms. The molecule has 0 radical (unpaired) electrons. The normalized spacial score (nSPS) is 14.5. The third kappa shape index (κ3) is 3.32. The zero-order valence-corrected chi connectivity index (χ0v) is 14.5. The maximum Gasteiger partial charge on any atom is 0.263 e. The molecule has 1 N–H and O–H groups in total. The Morgan fingerprint density at radius 1 is 1.23 bits per heavy atom. The minimum atomic E-state index is -0.119. The number of hydrogen-bond acceptors (Lipinski definition) is 3. The van der Waals surface area contributed by atoms with Gasteiger partial charge in [0.1, 0.15) is 0 Å². The Morgan fingerprint density at radius 3 is 2.41 bits per heavy atom. The van der Waals surface area contributed by atoms with Gasteiger partial charge in [-0.05, 0) is 52.2 Å². The highest BCUT2D eigenvalue weighted by Crippen LogP contribution is 2.36. The fourth-order valence-electron chi connectivity index (χ4n) is 2.46. The molecule has 3 rings (SSSR count). The van der Waals surface area contributed by atoms with E-state index in [2.05, 4.69) is 26.1 Å². The van der Waals surface area contributed by atoms with E-state index in [0.717, 1.165) is 29.3 Å². The number of rotatable bonds is 2. The van der Waals surface area contributed by atoms with Crippen molar-refractivity contribution in [1.82, 2.24) is 9.55 Å². The highest BCUT2D eigenvalue weighted by Gasteiger charge is 2.29. The summed E-state index contributed by atoms with van der Waals surface area (Å²) in [7, 11) is 0. The first-order valence-electron chi connectivity index (χ1n) is 8.17. The van der Waals surface area contributed by atoms with Crippen molar-refractivity contribution in [1.29, 1.82) is 0 Å². The monoisotopic (exact) mass is 301 g/mol. The van der Waals surface area contributed by atoms with Crippen LogP contribution in [0.25, 0.3) is 10.9 Å². The van der Waals surface area contributed by atoms with Gasteiger partial charge in [0.2, 0.25) is 5.95 Å². The Kier molecular flexibility index (Phi) is 4.59. The van der Waals surface area contributed by atoms with Gasteiger partial charge in [0.15, 0.2) is 0 Å². The fourth-order valence-corrected chi connectivity index (χ4v) is 2.46. The van der Waals surface area contributed by atoms with E-state index in [4.69, 9.17) is 4.98 Å². The largest absolute Gasteiger partial charge is 0.351 e. The van der Waals surface area contributed by atoms with E-state index in [9.17, 15) is 4.79 Å². The highest BCUT2D eigenvalue weighted by molar-refractivity contribution is 5.82. The van der Waals surface area contributed by atoms with Crippen molar-refractivity contribution >= 4 is 16.9 Å². The molecule has 1 aromatic carbocycles. The third-order valence-electron chi connectivity index (χ3n) is 3.53. The van der Waals surface area contributed by atoms with Gasteiger partial charge in [0.25, 0.3) is 5.56 Å². The lowest BCUT2D eigenvalue weighted by molar-refractivity contribution is 0.601. The number of benzene rings is 1. The van der Waals surface area contributed by atoms with Crippen molar-refractivity contribution < 1.29 is 0 Å². The molecule has 0 spiro atoms. The molecule has 0 amide bonds. The summed E-state index contributed by atoms with van der Waals surface area (Å²) >= 11 is 0. The first-order chi connectivity index (χ1) is 10.4. The van der Waals surface area contributed by atoms with E-state index < -0.39 is 0 Å². The van der Waals surface area contributed by atoms with Gasteiger partial charge < -0.3 is 5.32 Å². The average molecular weight is 301 g/mol. The summed E-state index contributed by atoms with van der Waals surface area (Å²) in [5.41, 5.74) is 1.81. The molecule has 4 nitrogen and oxygen atoms in total. The van der Waals surface area contributed by atoms with Crippen LogP contribution >= 0.6 is 0 Å². The van der Waals surface area contributed by atoms with Crippen LogP contribution in [-0.2, 0) is 0 Å². The predicted molar refractivity (Wildman–Crippen MR) is 93.7 cm³/mol. The van der Waals surface area contributed by atoms with Crippen LogP contribution < -0.4 is 10.9 Å². The van der Waals surface area contributed by atoms with E-state index in [0.29, 0.717) is 12.0 Å². The quantitative estimate of drug-likeness (QED) is 0.900. The number of nitrogens with one attached hydrogen (secondary N) is 1. The van der Waals surface area contributed by atoms with Gasteiger partial charge in [-0.3, -0.25) is 9.36 Å². The summed E-state index contributed by atoms with van der Waals surface area (Å²) in [6.07, 6.45) is 2.13. The molecule has 22 heavy (non-hydrogen) atoms. The lowest BCUT2D eigenvalue weighted by Crippen LogP contribution is -2.33. The van der Waals surface area contributed by atoms with Crippen molar-refractivity contribution in [3.63, 3.8) is 0 Å². The number of aromatic nitrogens is 2. The second-order valence-electron chi connectivity index (χ2n) is 6.69. The van der Waals surface area contributed by atoms with E-state index in [1.807, 2.05) is 43.5 Å². The molecule has 120 valence electrons. The summed E-state index contributed by atoms with van der Waals surface area (Å²) in [5, 5.41) is 4.10. The van der Waals surface area contributed by atoms with E-state index in [1.165, 1.54) is 0 Å². The zero-order chi connectivity index (χ0) is 16.5. The Labute approximate surface area is 132 Å². The standard InChI is InChI=1S/C16H21N3O.C2H6/c1-10-6-5-7-12-13(10)17-15(18-16(2,3)4)19(14(12)20)11-8-9-11;1-2/h5-7,11H,8-9H2,1-4H3,(H,17,18);1-2H3. The van der Waals surface area contributed by atoms with Crippen LogP contribution in [0, 0.1) is 6.92 Å². The zero-order valence-electron chi connectivity index (χ0n) is 14.5. The summed E-state index contributed by atoms with van der Waals surface area (Å²) in [6, 6.07) is 6.10. The summed E-state index contributed by atoms with van der Waals surface area (Å²) in [4.78, 5) is 17.5. The highest BCUT2D eigenvalue weighted by atomic mass is 16.1.